The quantitative estimate of drug-likeness (QED) is 0.0198. The molecule has 3 fully saturated rings. The number of unbranched alkanes of at least 4 members (excludes halogenated alkanes) is 8. The molecule has 0 spiro atoms. The highest BCUT2D eigenvalue weighted by Gasteiger charge is 2.58. The first-order valence-corrected chi connectivity index (χ1v) is 53.8. The smallest absolute Gasteiger partial charge is 0.135 e. The minimum Gasteiger partial charge on any atom is -0.508 e. The van der Waals surface area contributed by atoms with Gasteiger partial charge in [-0.2, -0.15) is 0 Å². The summed E-state index contributed by atoms with van der Waals surface area (Å²) in [6.45, 7) is 52.7. The lowest BCUT2D eigenvalue weighted by Gasteiger charge is -2.45. The highest BCUT2D eigenvalue weighted by Crippen LogP contribution is 2.62. The van der Waals surface area contributed by atoms with Gasteiger partial charge in [-0.3, -0.25) is 0 Å². The van der Waals surface area contributed by atoms with Gasteiger partial charge in [0.15, 0.2) is 0 Å². The number of fused-ring (bicyclic) bond motifs is 16. The number of aromatic hydroxyl groups is 5. The highest BCUT2D eigenvalue weighted by molar-refractivity contribution is 5.86. The van der Waals surface area contributed by atoms with Gasteiger partial charge < -0.3 is 94.4 Å². The zero-order valence-corrected chi connectivity index (χ0v) is 89.9. The van der Waals surface area contributed by atoms with Crippen LogP contribution in [0.4, 0.5) is 0 Å². The van der Waals surface area contributed by atoms with Crippen LogP contribution >= 0.6 is 0 Å². The van der Waals surface area contributed by atoms with Gasteiger partial charge in [0.1, 0.15) is 116 Å². The Balaban J connectivity index is 0.000000143. The Hall–Kier alpha value is -9.18. The van der Waals surface area contributed by atoms with Gasteiger partial charge in [-0.25, -0.2) is 0 Å². The summed E-state index contributed by atoms with van der Waals surface area (Å²) in [6, 6.07) is 30.3. The average Bonchev–Trinajstić information content (AvgIpc) is 1.29. The number of hydrogen-bond acceptors (Lipinski definition) is 19. The number of aliphatic hydroxyl groups excluding tert-OH is 2. The molecule has 0 amide bonds. The summed E-state index contributed by atoms with van der Waals surface area (Å²) in [5, 5.41) is 128. The topological polar surface area (TPSA) is 307 Å². The van der Waals surface area contributed by atoms with Crippen LogP contribution in [0.2, 0.25) is 0 Å². The fourth-order valence-corrected chi connectivity index (χ4v) is 24.8. The Morgan fingerprint density at radius 2 is 0.761 bits per heavy atom. The van der Waals surface area contributed by atoms with Crippen LogP contribution in [-0.4, -0.2) is 138 Å². The van der Waals surface area contributed by atoms with Crippen LogP contribution in [0.25, 0.3) is 22.3 Å². The third-order valence-corrected chi connectivity index (χ3v) is 32.7. The molecule has 0 bridgehead atoms. The second kappa shape index (κ2) is 44.2. The molecule has 5 aliphatic carbocycles. The molecule has 3 saturated carbocycles. The molecule has 7 aromatic rings. The highest BCUT2D eigenvalue weighted by atomic mass is 16.5. The molecule has 0 aromatic heterocycles. The van der Waals surface area contributed by atoms with Crippen molar-refractivity contribution in [3.63, 3.8) is 0 Å². The third kappa shape index (κ3) is 23.3. The molecule has 19 heteroatoms. The number of phenols is 5. The van der Waals surface area contributed by atoms with Gasteiger partial charge in [-0.15, -0.1) is 0 Å². The van der Waals surface area contributed by atoms with Crippen molar-refractivity contribution in [3.05, 3.63) is 199 Å². The van der Waals surface area contributed by atoms with Crippen LogP contribution in [0.15, 0.2) is 126 Å². The standard InChI is InChI=1S/C22H28O2.2C21H30O4.C21H30O3.C19H28O3.C19H26O3/c1-6-7-8-9-16-13-19(23-5)21-17-12-15(2)10-11-18(17)22(3,4)24-20(21)14-16;2*1-5-6-7-8-13-11-15(22)18-16(12-13)25-20(2,3)14-9-10-21(4,24)19(23)17(14)18;1-5-6-7-8-14-11-16(22)19-17(12-14)24-20-18(19)15(13(2)3)9-10-21(20,4)23;1-5-6-12-9-14(20)17-15(10-12)22-18-11(2)7-8-13(16(17)18)19(3,4)21;1-5-6-12-9-14(20)17-15(10-12)22-18-16(17)13(11(2)3)7-8-19(18,4)21/h10-14H,6-9H2,1-5H3;2*11-12,19,22-24H,5-10H2,1-4H3;11-12,15,18,20,22-23H,2,5-10H2,1,3-4H3;9-11,13,16,18,20-21H,5-8H2,1-4H3;9-10,13,16,18,20-21H,2,5-8H2,1,3-4H3/t;2*19-,21-;15-,18+,20-,21-;;13-,16+,18-,19-/m.100.0/s1. The minimum absolute atomic E-state index is 0.00748. The number of methoxy groups -OCH3 is 1. The first kappa shape index (κ1) is 110. The average molecular weight is 1950 g/mol. The maximum absolute atomic E-state index is 10.8. The Morgan fingerprint density at radius 3 is 1.13 bits per heavy atom. The zero-order valence-electron chi connectivity index (χ0n) is 89.9. The van der Waals surface area contributed by atoms with Crippen LogP contribution in [-0.2, 0) is 44.1 Å². The number of ether oxygens (including phenoxy) is 7. The van der Waals surface area contributed by atoms with E-state index in [0.717, 1.165) is 223 Å². The number of aliphatic hydroxyl groups is 7. The van der Waals surface area contributed by atoms with Crippen molar-refractivity contribution in [3.8, 4) is 80.1 Å². The molecule has 4 unspecified atom stereocenters. The second-order valence-electron chi connectivity index (χ2n) is 46.5. The van der Waals surface area contributed by atoms with Crippen molar-refractivity contribution in [2.45, 2.75) is 438 Å². The molecule has 11 aliphatic rings. The van der Waals surface area contributed by atoms with Crippen LogP contribution < -0.4 is 33.2 Å². The van der Waals surface area contributed by atoms with Gasteiger partial charge in [0, 0.05) is 51.2 Å². The number of phenolic OH excluding ortho intramolecular Hbond substituents is 5. The SMILES string of the molecule is C=C(C)[C@@H]1CC[C@](C)(O)[C@H]2Oc3cc(CCC)cc(O)c3[C@@H]12.C=C(C)[C@@H]1CC[C@](C)(O)[C@H]2Oc3cc(CCCCC)cc(O)c3[C@@H]12.CCCCCc1cc(O)c2c(c1)OC(C)(C)C1=C2[C@@H](O)[C@](C)(O)CC1.CCCCCc1cc(O)c2c(c1)OC(C)(C)C1=C2[C@H](O)[C@@](C)(O)CC1.CCCCCc1cc(OC)c2c(c1)OC(C)(C)c1ccc(C)cc1-2.CCCc1cc(O)c2c(c1)OC1C(C)CCC(C(C)(C)O)C21. The van der Waals surface area contributed by atoms with Gasteiger partial charge in [0.2, 0.25) is 0 Å². The Kier molecular flexibility index (Phi) is 34.3. The van der Waals surface area contributed by atoms with Crippen LogP contribution in [0.1, 0.15) is 390 Å². The Labute approximate surface area is 848 Å². The van der Waals surface area contributed by atoms with Crippen molar-refractivity contribution in [2.75, 3.05) is 7.11 Å². The molecule has 18 rings (SSSR count). The molecule has 6 aliphatic heterocycles. The minimum atomic E-state index is -1.20. The molecular formula is C123H172O19. The van der Waals surface area contributed by atoms with Gasteiger partial charge >= 0.3 is 0 Å². The molecule has 7 aromatic carbocycles. The van der Waals surface area contributed by atoms with E-state index in [1.54, 1.807) is 33.1 Å². The monoisotopic (exact) mass is 1950 g/mol. The van der Waals surface area contributed by atoms with Crippen LogP contribution in [0.5, 0.6) is 69.0 Å². The van der Waals surface area contributed by atoms with E-state index in [1.165, 1.54) is 54.4 Å². The van der Waals surface area contributed by atoms with Crippen molar-refractivity contribution in [1.29, 1.82) is 0 Å². The van der Waals surface area contributed by atoms with E-state index >= 15 is 0 Å². The molecule has 16 atom stereocenters. The first-order chi connectivity index (χ1) is 66.8. The Morgan fingerprint density at radius 1 is 0.408 bits per heavy atom. The van der Waals surface area contributed by atoms with E-state index in [9.17, 15) is 61.3 Å². The first-order valence-electron chi connectivity index (χ1n) is 53.8. The van der Waals surface area contributed by atoms with Crippen molar-refractivity contribution in [2.24, 2.45) is 23.7 Å². The fourth-order valence-electron chi connectivity index (χ4n) is 24.8. The van der Waals surface area contributed by atoms with E-state index in [0.29, 0.717) is 95.5 Å². The summed E-state index contributed by atoms with van der Waals surface area (Å²) in [5.41, 5.74) is 14.3. The number of hydrogen-bond donors (Lipinski definition) is 12. The lowest BCUT2D eigenvalue weighted by Crippen LogP contribution is -2.50. The maximum atomic E-state index is 10.8. The molecular weight excluding hydrogens is 1780 g/mol. The number of benzene rings is 7. The van der Waals surface area contributed by atoms with E-state index in [1.807, 2.05) is 106 Å². The molecule has 142 heavy (non-hydrogen) atoms. The second-order valence-corrected chi connectivity index (χ2v) is 46.5. The van der Waals surface area contributed by atoms with Crippen LogP contribution in [0, 0.1) is 30.6 Å². The summed E-state index contributed by atoms with van der Waals surface area (Å²) in [5.74, 6) is 7.76. The van der Waals surface area contributed by atoms with Crippen molar-refractivity contribution < 1.29 is 94.4 Å². The summed E-state index contributed by atoms with van der Waals surface area (Å²) in [6.07, 6.45) is 26.5. The molecule has 12 N–H and O–H groups in total. The molecule has 19 nitrogen and oxygen atoms in total. The van der Waals surface area contributed by atoms with E-state index < -0.39 is 51.4 Å². The maximum Gasteiger partial charge on any atom is 0.135 e. The van der Waals surface area contributed by atoms with E-state index in [2.05, 4.69) is 125 Å². The van der Waals surface area contributed by atoms with Crippen LogP contribution in [0.3, 0.4) is 0 Å². The van der Waals surface area contributed by atoms with Gasteiger partial charge in [-0.05, 0) is 379 Å². The largest absolute Gasteiger partial charge is 0.508 e. The molecule has 0 radical (unpaired) electrons. The zero-order chi connectivity index (χ0) is 104. The normalized spacial score (nSPS) is 27.3. The van der Waals surface area contributed by atoms with Gasteiger partial charge in [0.25, 0.3) is 0 Å². The lowest BCUT2D eigenvalue weighted by atomic mass is 9.65. The molecule has 0 saturated heterocycles. The summed E-state index contributed by atoms with van der Waals surface area (Å²) in [7, 11) is 1.75. The van der Waals surface area contributed by atoms with Crippen molar-refractivity contribution >= 4 is 11.1 Å². The summed E-state index contributed by atoms with van der Waals surface area (Å²) in [4.78, 5) is 0. The van der Waals surface area contributed by atoms with Crippen molar-refractivity contribution in [1.82, 2.24) is 0 Å². The number of allylic oxidation sites excluding steroid dienone is 2. The number of rotatable bonds is 24. The predicted octanol–water partition coefficient (Wildman–Crippen LogP) is 26.6. The summed E-state index contributed by atoms with van der Waals surface area (Å²) < 4.78 is 43.1. The molecule has 6 heterocycles. The summed E-state index contributed by atoms with van der Waals surface area (Å²) >= 11 is 0. The van der Waals surface area contributed by atoms with Gasteiger partial charge in [0.05, 0.1) is 51.8 Å². The van der Waals surface area contributed by atoms with Gasteiger partial charge in [-0.1, -0.05) is 161 Å². The predicted molar refractivity (Wildman–Crippen MR) is 569 cm³/mol. The van der Waals surface area contributed by atoms with E-state index in [4.69, 9.17) is 33.2 Å². The Bertz CT molecular complexity index is 5600. The number of aryl methyl sites for hydroxylation is 7. The molecule has 778 valence electrons. The fraction of sp³-hybridized carbons (Fsp3) is 0.593. The third-order valence-electron chi connectivity index (χ3n) is 32.7. The van der Waals surface area contributed by atoms with E-state index in [-0.39, 0.29) is 70.9 Å². The lowest BCUT2D eigenvalue weighted by molar-refractivity contribution is -0.0826.